The van der Waals surface area contributed by atoms with Gasteiger partial charge in [-0.05, 0) is 30.3 Å². The van der Waals surface area contributed by atoms with Crippen molar-refractivity contribution < 1.29 is 17.5 Å². The van der Waals surface area contributed by atoms with Crippen LogP contribution in [-0.2, 0) is 10.0 Å². The average Bonchev–Trinajstić information content (AvgIpc) is 2.39. The second-order valence-electron chi connectivity index (χ2n) is 4.10. The summed E-state index contributed by atoms with van der Waals surface area (Å²) >= 11 is 0. The monoisotopic (exact) mass is 307 g/mol. The quantitative estimate of drug-likeness (QED) is 0.837. The molecule has 2 aromatic rings. The Labute approximate surface area is 120 Å². The van der Waals surface area contributed by atoms with Gasteiger partial charge in [-0.1, -0.05) is 0 Å². The third kappa shape index (κ3) is 3.28. The van der Waals surface area contributed by atoms with Crippen LogP contribution in [0.5, 0.6) is 11.5 Å². The molecule has 8 heteroatoms. The van der Waals surface area contributed by atoms with Gasteiger partial charge in [0.2, 0.25) is 10.0 Å². The minimum atomic E-state index is -3.93. The number of rotatable bonds is 3. The highest BCUT2D eigenvalue weighted by atomic mass is 32.2. The van der Waals surface area contributed by atoms with Gasteiger partial charge in [0.15, 0.2) is 11.6 Å². The molecule has 0 radical (unpaired) electrons. The van der Waals surface area contributed by atoms with E-state index in [1.807, 2.05) is 0 Å². The molecule has 21 heavy (non-hydrogen) atoms. The van der Waals surface area contributed by atoms with Gasteiger partial charge >= 0.3 is 0 Å². The fourth-order valence-corrected chi connectivity index (χ4v) is 2.27. The number of hydrogen-bond donors (Lipinski definition) is 2. The predicted octanol–water partition coefficient (Wildman–Crippen LogP) is 1.72. The molecule has 0 amide bonds. The summed E-state index contributed by atoms with van der Waals surface area (Å²) < 4.78 is 41.4. The standard InChI is InChI=1S/C13H10FN3O3S/c14-10-5-8(7-15)1-3-12(10)20-9-2-4-13(11(16)6-9)21(17,18)19/h1-6H,16H2,(H2,17,18,19). The minimum absolute atomic E-state index is 0.107. The summed E-state index contributed by atoms with van der Waals surface area (Å²) in [6.45, 7) is 0. The number of nitriles is 1. The Morgan fingerprint density at radius 1 is 1.19 bits per heavy atom. The van der Waals surface area contributed by atoms with Crippen LogP contribution in [0, 0.1) is 17.1 Å². The van der Waals surface area contributed by atoms with Crippen molar-refractivity contribution in [3.05, 3.63) is 47.8 Å². The van der Waals surface area contributed by atoms with Crippen LogP contribution in [0.1, 0.15) is 5.56 Å². The molecule has 0 saturated carbocycles. The van der Waals surface area contributed by atoms with Crippen molar-refractivity contribution in [2.24, 2.45) is 5.14 Å². The van der Waals surface area contributed by atoms with E-state index in [2.05, 4.69) is 0 Å². The van der Waals surface area contributed by atoms with Crippen molar-refractivity contribution in [3.8, 4) is 17.6 Å². The van der Waals surface area contributed by atoms with Crippen molar-refractivity contribution in [2.45, 2.75) is 4.90 Å². The highest BCUT2D eigenvalue weighted by molar-refractivity contribution is 7.89. The molecule has 2 aromatic carbocycles. The molecular formula is C13H10FN3O3S. The van der Waals surface area contributed by atoms with Crippen LogP contribution in [0.4, 0.5) is 10.1 Å². The molecule has 108 valence electrons. The summed E-state index contributed by atoms with van der Waals surface area (Å²) in [5.41, 5.74) is 5.62. The first-order valence-electron chi connectivity index (χ1n) is 5.61. The summed E-state index contributed by atoms with van der Waals surface area (Å²) in [4.78, 5) is -0.241. The molecule has 0 aliphatic heterocycles. The first-order valence-corrected chi connectivity index (χ1v) is 7.16. The molecule has 0 atom stereocenters. The third-order valence-electron chi connectivity index (χ3n) is 2.58. The average molecular weight is 307 g/mol. The molecule has 2 rings (SSSR count). The smallest absolute Gasteiger partial charge is 0.240 e. The topological polar surface area (TPSA) is 119 Å². The second-order valence-corrected chi connectivity index (χ2v) is 5.63. The van der Waals surface area contributed by atoms with E-state index in [9.17, 15) is 12.8 Å². The summed E-state index contributed by atoms with van der Waals surface area (Å²) in [6, 6.07) is 9.19. The number of primary sulfonamides is 1. The fourth-order valence-electron chi connectivity index (χ4n) is 1.63. The lowest BCUT2D eigenvalue weighted by Gasteiger charge is -2.09. The van der Waals surface area contributed by atoms with Crippen LogP contribution in [-0.4, -0.2) is 8.42 Å². The van der Waals surface area contributed by atoms with Gasteiger partial charge in [-0.25, -0.2) is 17.9 Å². The van der Waals surface area contributed by atoms with Gasteiger partial charge in [0, 0.05) is 6.07 Å². The second kappa shape index (κ2) is 5.40. The first kappa shape index (κ1) is 14.8. The summed E-state index contributed by atoms with van der Waals surface area (Å²) in [5.74, 6) is -0.691. The van der Waals surface area contributed by atoms with Crippen LogP contribution < -0.4 is 15.6 Å². The maximum absolute atomic E-state index is 13.7. The number of ether oxygens (including phenoxy) is 1. The van der Waals surface area contributed by atoms with Crippen LogP contribution in [0.15, 0.2) is 41.3 Å². The van der Waals surface area contributed by atoms with Gasteiger partial charge in [-0.15, -0.1) is 0 Å². The SMILES string of the molecule is N#Cc1ccc(Oc2ccc(S(N)(=O)=O)c(N)c2)c(F)c1. The zero-order valence-corrected chi connectivity index (χ0v) is 11.4. The summed E-state index contributed by atoms with van der Waals surface area (Å²) in [5, 5.41) is 13.6. The molecule has 0 aliphatic carbocycles. The Balaban J connectivity index is 2.33. The molecule has 0 aliphatic rings. The lowest BCUT2D eigenvalue weighted by atomic mass is 10.2. The predicted molar refractivity (Wildman–Crippen MR) is 73.4 cm³/mol. The van der Waals surface area contributed by atoms with E-state index >= 15 is 0 Å². The number of benzene rings is 2. The van der Waals surface area contributed by atoms with Crippen molar-refractivity contribution in [2.75, 3.05) is 5.73 Å². The Morgan fingerprint density at radius 2 is 1.90 bits per heavy atom. The molecule has 4 N–H and O–H groups in total. The van der Waals surface area contributed by atoms with Gasteiger partial charge in [0.1, 0.15) is 10.6 Å². The summed E-state index contributed by atoms with van der Waals surface area (Å²) in [7, 11) is -3.93. The fraction of sp³-hybridized carbons (Fsp3) is 0. The Morgan fingerprint density at radius 3 is 2.43 bits per heavy atom. The third-order valence-corrected chi connectivity index (χ3v) is 3.56. The van der Waals surface area contributed by atoms with Crippen molar-refractivity contribution in [3.63, 3.8) is 0 Å². The number of halogens is 1. The molecule has 0 spiro atoms. The number of nitrogens with two attached hydrogens (primary N) is 2. The van der Waals surface area contributed by atoms with Crippen molar-refractivity contribution in [1.29, 1.82) is 5.26 Å². The van der Waals surface area contributed by atoms with E-state index in [4.69, 9.17) is 20.9 Å². The maximum atomic E-state index is 13.7. The van der Waals surface area contributed by atoms with E-state index in [0.717, 1.165) is 6.07 Å². The normalized spacial score (nSPS) is 10.9. The van der Waals surface area contributed by atoms with Gasteiger partial charge < -0.3 is 10.5 Å². The van der Waals surface area contributed by atoms with Crippen LogP contribution in [0.2, 0.25) is 0 Å². The Kier molecular flexibility index (Phi) is 3.80. The van der Waals surface area contributed by atoms with Gasteiger partial charge in [-0.3, -0.25) is 0 Å². The maximum Gasteiger partial charge on any atom is 0.240 e. The van der Waals surface area contributed by atoms with Crippen LogP contribution in [0.3, 0.4) is 0 Å². The Bertz CT molecular complexity index is 844. The van der Waals surface area contributed by atoms with Gasteiger partial charge in [-0.2, -0.15) is 5.26 Å². The van der Waals surface area contributed by atoms with E-state index in [0.29, 0.717) is 0 Å². The largest absolute Gasteiger partial charge is 0.454 e. The van der Waals surface area contributed by atoms with Gasteiger partial charge in [0.05, 0.1) is 17.3 Å². The number of anilines is 1. The van der Waals surface area contributed by atoms with Crippen LogP contribution in [0.25, 0.3) is 0 Å². The van der Waals surface area contributed by atoms with Crippen molar-refractivity contribution >= 4 is 15.7 Å². The Hall–Kier alpha value is -2.63. The van der Waals surface area contributed by atoms with Gasteiger partial charge in [0.25, 0.3) is 0 Å². The number of hydrogen-bond acceptors (Lipinski definition) is 5. The molecule has 0 saturated heterocycles. The zero-order chi connectivity index (χ0) is 15.6. The summed E-state index contributed by atoms with van der Waals surface area (Å²) in [6.07, 6.45) is 0. The number of nitrogen functional groups attached to an aromatic ring is 1. The highest BCUT2D eigenvalue weighted by Crippen LogP contribution is 2.29. The molecular weight excluding hydrogens is 297 g/mol. The number of nitrogens with zero attached hydrogens (tertiary/aromatic N) is 1. The van der Waals surface area contributed by atoms with Crippen LogP contribution >= 0.6 is 0 Å². The van der Waals surface area contributed by atoms with E-state index in [1.165, 1.54) is 30.3 Å². The molecule has 0 aromatic heterocycles. The molecule has 0 unspecified atom stereocenters. The highest BCUT2D eigenvalue weighted by Gasteiger charge is 2.13. The lowest BCUT2D eigenvalue weighted by molar-refractivity contribution is 0.442. The van der Waals surface area contributed by atoms with Crippen molar-refractivity contribution in [1.82, 2.24) is 0 Å². The van der Waals surface area contributed by atoms with E-state index in [1.54, 1.807) is 6.07 Å². The molecule has 0 heterocycles. The molecule has 0 fully saturated rings. The van der Waals surface area contributed by atoms with E-state index < -0.39 is 15.8 Å². The minimum Gasteiger partial charge on any atom is -0.454 e. The zero-order valence-electron chi connectivity index (χ0n) is 10.6. The lowest BCUT2D eigenvalue weighted by Crippen LogP contribution is -2.14. The van der Waals surface area contributed by atoms with E-state index in [-0.39, 0.29) is 27.6 Å². The molecule has 6 nitrogen and oxygen atoms in total. The first-order chi connectivity index (χ1) is 9.81. The number of sulfonamides is 1. The molecule has 0 bridgehead atoms.